The van der Waals surface area contributed by atoms with Gasteiger partial charge in [0, 0.05) is 43.2 Å². The van der Waals surface area contributed by atoms with Gasteiger partial charge in [-0.1, -0.05) is 5.16 Å². The van der Waals surface area contributed by atoms with Gasteiger partial charge >= 0.3 is 0 Å². The molecule has 10 heteroatoms. The van der Waals surface area contributed by atoms with Crippen molar-refractivity contribution >= 4 is 27.5 Å². The van der Waals surface area contributed by atoms with Gasteiger partial charge in [-0.15, -0.1) is 0 Å². The van der Waals surface area contributed by atoms with Crippen molar-refractivity contribution in [3.05, 3.63) is 41.8 Å². The molecule has 2 aromatic rings. The van der Waals surface area contributed by atoms with Crippen LogP contribution >= 0.6 is 0 Å². The number of hydrogen-bond donors (Lipinski definition) is 2. The van der Waals surface area contributed by atoms with E-state index in [1.165, 1.54) is 23.4 Å². The summed E-state index contributed by atoms with van der Waals surface area (Å²) in [6.45, 7) is 3.53. The first kappa shape index (κ1) is 21.5. The van der Waals surface area contributed by atoms with E-state index in [-0.39, 0.29) is 34.5 Å². The molecule has 31 heavy (non-hydrogen) atoms. The van der Waals surface area contributed by atoms with Crippen LogP contribution in [0.1, 0.15) is 61.7 Å². The molecule has 0 spiro atoms. The standard InChI is InChI=1S/C21H26N4O5S/c1-13-11-17(23-21(27)19-12-20(30-24-19)15-3-4-15)9-10-25(13)31(28,29)18-7-5-16(6-8-18)22-14(2)26/h5-8,12-13,15,17H,3-4,9-11H2,1-2H3,(H,22,26)(H,23,27)/t13-,17+/m0/s1. The van der Waals surface area contributed by atoms with Gasteiger partial charge in [-0.05, 0) is 56.9 Å². The Kier molecular flexibility index (Phi) is 5.85. The zero-order valence-corrected chi connectivity index (χ0v) is 18.3. The van der Waals surface area contributed by atoms with Crippen molar-refractivity contribution in [3.63, 3.8) is 0 Å². The highest BCUT2D eigenvalue weighted by atomic mass is 32.2. The number of aromatic nitrogens is 1. The quantitative estimate of drug-likeness (QED) is 0.703. The van der Waals surface area contributed by atoms with Crippen LogP contribution in [0.3, 0.4) is 0 Å². The van der Waals surface area contributed by atoms with E-state index in [4.69, 9.17) is 4.52 Å². The first-order valence-electron chi connectivity index (χ1n) is 10.4. The predicted molar refractivity (Wildman–Crippen MR) is 113 cm³/mol. The lowest BCUT2D eigenvalue weighted by atomic mass is 10.0. The minimum atomic E-state index is -3.68. The van der Waals surface area contributed by atoms with Crippen LogP contribution in [0.4, 0.5) is 5.69 Å². The Balaban J connectivity index is 1.37. The first-order valence-corrected chi connectivity index (χ1v) is 11.8. The van der Waals surface area contributed by atoms with E-state index in [2.05, 4.69) is 15.8 Å². The largest absolute Gasteiger partial charge is 0.360 e. The summed E-state index contributed by atoms with van der Waals surface area (Å²) in [5.41, 5.74) is 0.808. The molecule has 2 N–H and O–H groups in total. The summed E-state index contributed by atoms with van der Waals surface area (Å²) in [6, 6.07) is 7.39. The van der Waals surface area contributed by atoms with Crippen LogP contribution in [-0.2, 0) is 14.8 Å². The van der Waals surface area contributed by atoms with Gasteiger partial charge in [0.15, 0.2) is 5.69 Å². The number of nitrogens with zero attached hydrogens (tertiary/aromatic N) is 2. The molecule has 2 heterocycles. The molecule has 9 nitrogen and oxygen atoms in total. The van der Waals surface area contributed by atoms with Crippen LogP contribution in [0.25, 0.3) is 0 Å². The van der Waals surface area contributed by atoms with Gasteiger partial charge in [-0.2, -0.15) is 4.31 Å². The molecule has 0 bridgehead atoms. The maximum Gasteiger partial charge on any atom is 0.273 e. The lowest BCUT2D eigenvalue weighted by Gasteiger charge is -2.36. The molecule has 1 saturated carbocycles. The Bertz CT molecular complexity index is 1080. The van der Waals surface area contributed by atoms with Gasteiger partial charge in [-0.3, -0.25) is 9.59 Å². The Morgan fingerprint density at radius 1 is 1.16 bits per heavy atom. The molecule has 166 valence electrons. The smallest absolute Gasteiger partial charge is 0.273 e. The molecule has 2 amide bonds. The first-order chi connectivity index (χ1) is 14.7. The third-order valence-corrected chi connectivity index (χ3v) is 7.70. The number of nitrogens with one attached hydrogen (secondary N) is 2. The van der Waals surface area contributed by atoms with Crippen LogP contribution in [0, 0.1) is 0 Å². The average molecular weight is 447 g/mol. The normalized spacial score (nSPS) is 22.1. The molecule has 0 radical (unpaired) electrons. The molecular weight excluding hydrogens is 420 g/mol. The lowest BCUT2D eigenvalue weighted by molar-refractivity contribution is -0.114. The van der Waals surface area contributed by atoms with E-state index in [9.17, 15) is 18.0 Å². The van der Waals surface area contributed by atoms with Crippen molar-refractivity contribution in [3.8, 4) is 0 Å². The molecule has 2 fully saturated rings. The number of anilines is 1. The third kappa shape index (κ3) is 4.80. The topological polar surface area (TPSA) is 122 Å². The highest BCUT2D eigenvalue weighted by Gasteiger charge is 2.35. The number of piperidine rings is 1. The second-order valence-corrected chi connectivity index (χ2v) is 10.1. The van der Waals surface area contributed by atoms with Crippen molar-refractivity contribution < 1.29 is 22.5 Å². The van der Waals surface area contributed by atoms with Gasteiger partial charge in [0.2, 0.25) is 15.9 Å². The van der Waals surface area contributed by atoms with Crippen molar-refractivity contribution in [2.45, 2.75) is 62.4 Å². The van der Waals surface area contributed by atoms with E-state index in [1.54, 1.807) is 18.2 Å². The summed E-state index contributed by atoms with van der Waals surface area (Å²) in [4.78, 5) is 23.8. The SMILES string of the molecule is CC(=O)Nc1ccc(S(=O)(=O)N2CC[C@@H](NC(=O)c3cc(C4CC4)on3)C[C@@H]2C)cc1. The second-order valence-electron chi connectivity index (χ2n) is 8.25. The zero-order valence-electron chi connectivity index (χ0n) is 17.5. The molecule has 1 aromatic heterocycles. The lowest BCUT2D eigenvalue weighted by Crippen LogP contribution is -2.50. The number of carbonyl (C=O) groups excluding carboxylic acids is 2. The van der Waals surface area contributed by atoms with Gasteiger partial charge in [0.05, 0.1) is 4.90 Å². The third-order valence-electron chi connectivity index (χ3n) is 5.67. The van der Waals surface area contributed by atoms with Crippen LogP contribution in [-0.4, -0.2) is 48.3 Å². The number of sulfonamides is 1. The molecule has 1 aromatic carbocycles. The Labute approximate surface area is 181 Å². The molecule has 2 aliphatic rings. The monoisotopic (exact) mass is 446 g/mol. The summed E-state index contributed by atoms with van der Waals surface area (Å²) in [5.74, 6) is 0.624. The fourth-order valence-corrected chi connectivity index (χ4v) is 5.56. The Morgan fingerprint density at radius 3 is 2.48 bits per heavy atom. The molecule has 1 aliphatic carbocycles. The van der Waals surface area contributed by atoms with Crippen molar-refractivity contribution in [2.75, 3.05) is 11.9 Å². The van der Waals surface area contributed by atoms with E-state index in [0.29, 0.717) is 31.0 Å². The molecule has 1 aliphatic heterocycles. The van der Waals surface area contributed by atoms with Crippen molar-refractivity contribution in [1.82, 2.24) is 14.8 Å². The van der Waals surface area contributed by atoms with Crippen LogP contribution < -0.4 is 10.6 Å². The molecular formula is C21H26N4O5S. The average Bonchev–Trinajstić information content (AvgIpc) is 3.44. The number of rotatable bonds is 6. The van der Waals surface area contributed by atoms with E-state index in [0.717, 1.165) is 18.6 Å². The summed E-state index contributed by atoms with van der Waals surface area (Å²) >= 11 is 0. The molecule has 2 atom stereocenters. The van der Waals surface area contributed by atoms with E-state index >= 15 is 0 Å². The van der Waals surface area contributed by atoms with Gasteiger partial charge in [0.25, 0.3) is 5.91 Å². The Hall–Kier alpha value is -2.72. The molecule has 4 rings (SSSR count). The van der Waals surface area contributed by atoms with Crippen LogP contribution in [0.15, 0.2) is 39.8 Å². The van der Waals surface area contributed by atoms with E-state index in [1.807, 2.05) is 6.92 Å². The fraction of sp³-hybridized carbons (Fsp3) is 0.476. The van der Waals surface area contributed by atoms with Crippen LogP contribution in [0.2, 0.25) is 0 Å². The molecule has 1 saturated heterocycles. The van der Waals surface area contributed by atoms with Crippen LogP contribution in [0.5, 0.6) is 0 Å². The molecule has 0 unspecified atom stereocenters. The summed E-state index contributed by atoms with van der Waals surface area (Å²) in [6.07, 6.45) is 3.14. The predicted octanol–water partition coefficient (Wildman–Crippen LogP) is 2.48. The van der Waals surface area contributed by atoms with E-state index < -0.39 is 10.0 Å². The highest BCUT2D eigenvalue weighted by Crippen LogP contribution is 2.40. The maximum absolute atomic E-state index is 13.1. The zero-order chi connectivity index (χ0) is 22.2. The maximum atomic E-state index is 13.1. The number of amides is 2. The van der Waals surface area contributed by atoms with Crippen molar-refractivity contribution in [1.29, 1.82) is 0 Å². The number of carbonyl (C=O) groups is 2. The second kappa shape index (κ2) is 8.43. The highest BCUT2D eigenvalue weighted by molar-refractivity contribution is 7.89. The number of hydrogen-bond acceptors (Lipinski definition) is 6. The number of benzene rings is 1. The van der Waals surface area contributed by atoms with Gasteiger partial charge in [0.1, 0.15) is 5.76 Å². The fourth-order valence-electron chi connectivity index (χ4n) is 3.90. The minimum Gasteiger partial charge on any atom is -0.360 e. The minimum absolute atomic E-state index is 0.142. The van der Waals surface area contributed by atoms with Gasteiger partial charge in [-0.25, -0.2) is 8.42 Å². The van der Waals surface area contributed by atoms with Gasteiger partial charge < -0.3 is 15.2 Å². The van der Waals surface area contributed by atoms with Crippen molar-refractivity contribution in [2.24, 2.45) is 0 Å². The Morgan fingerprint density at radius 2 is 1.87 bits per heavy atom. The summed E-state index contributed by atoms with van der Waals surface area (Å²) in [5, 5.41) is 9.43. The summed E-state index contributed by atoms with van der Waals surface area (Å²) < 4.78 is 32.9. The summed E-state index contributed by atoms with van der Waals surface area (Å²) in [7, 11) is -3.68.